The minimum atomic E-state index is 0.203. The van der Waals surface area contributed by atoms with Gasteiger partial charge in [0, 0.05) is 24.2 Å². The summed E-state index contributed by atoms with van der Waals surface area (Å²) in [5.74, 6) is 0.562. The maximum absolute atomic E-state index is 12.9. The molecule has 0 atom stereocenters. The van der Waals surface area contributed by atoms with E-state index >= 15 is 0 Å². The number of benzene rings is 1. The summed E-state index contributed by atoms with van der Waals surface area (Å²) in [5.41, 5.74) is 7.69. The molecule has 1 aromatic carbocycles. The minimum absolute atomic E-state index is 0.203. The first kappa shape index (κ1) is 15.9. The summed E-state index contributed by atoms with van der Waals surface area (Å²) >= 11 is 0. The van der Waals surface area contributed by atoms with E-state index in [-0.39, 0.29) is 5.92 Å². The molecule has 0 aromatic heterocycles. The van der Waals surface area contributed by atoms with Crippen LogP contribution in [0.4, 0.5) is 5.69 Å². The highest BCUT2D eigenvalue weighted by molar-refractivity contribution is 5.79. The molecule has 0 saturated heterocycles. The molecule has 1 aromatic rings. The van der Waals surface area contributed by atoms with Crippen LogP contribution in [0, 0.1) is 5.92 Å². The van der Waals surface area contributed by atoms with Gasteiger partial charge < -0.3 is 10.6 Å². The number of nitrogens with two attached hydrogens (primary N) is 1. The van der Waals surface area contributed by atoms with Crippen molar-refractivity contribution in [2.45, 2.75) is 65.0 Å². The summed E-state index contributed by atoms with van der Waals surface area (Å²) < 4.78 is 0. The lowest BCUT2D eigenvalue weighted by Gasteiger charge is -2.27. The molecule has 1 saturated carbocycles. The number of rotatable bonds is 8. The van der Waals surface area contributed by atoms with Crippen LogP contribution >= 0.6 is 0 Å². The second-order valence-electron chi connectivity index (χ2n) is 6.21. The summed E-state index contributed by atoms with van der Waals surface area (Å²) in [5, 5.41) is 0. The first-order valence-corrected chi connectivity index (χ1v) is 8.30. The van der Waals surface area contributed by atoms with Crippen LogP contribution < -0.4 is 5.73 Å². The Bertz CT molecular complexity index is 445. The summed E-state index contributed by atoms with van der Waals surface area (Å²) in [6.07, 6.45) is 6.50. The molecular formula is C18H28N2O. The third kappa shape index (κ3) is 4.48. The molecule has 0 bridgehead atoms. The van der Waals surface area contributed by atoms with Crippen LogP contribution in [0.15, 0.2) is 24.3 Å². The highest BCUT2D eigenvalue weighted by Gasteiger charge is 2.35. The van der Waals surface area contributed by atoms with E-state index in [1.54, 1.807) is 0 Å². The molecule has 21 heavy (non-hydrogen) atoms. The van der Waals surface area contributed by atoms with Crippen LogP contribution in [0.1, 0.15) is 57.9 Å². The zero-order chi connectivity index (χ0) is 15.2. The predicted octanol–water partition coefficient (Wildman–Crippen LogP) is 3.98. The molecule has 1 aliphatic carbocycles. The Balaban J connectivity index is 2.06. The van der Waals surface area contributed by atoms with Crippen LogP contribution in [-0.4, -0.2) is 16.8 Å². The van der Waals surface area contributed by atoms with Gasteiger partial charge in [-0.25, -0.2) is 0 Å². The van der Waals surface area contributed by atoms with Gasteiger partial charge in [-0.05, 0) is 43.4 Å². The average Bonchev–Trinajstić information content (AvgIpc) is 3.30. The van der Waals surface area contributed by atoms with Crippen LogP contribution in [0.25, 0.3) is 0 Å². The fourth-order valence-corrected chi connectivity index (χ4v) is 2.92. The normalized spacial score (nSPS) is 14.4. The molecule has 3 nitrogen and oxygen atoms in total. The van der Waals surface area contributed by atoms with Crippen LogP contribution in [0.2, 0.25) is 0 Å². The number of hydrogen-bond acceptors (Lipinski definition) is 2. The van der Waals surface area contributed by atoms with Gasteiger partial charge in [0.2, 0.25) is 5.91 Å². The Morgan fingerprint density at radius 3 is 2.24 bits per heavy atom. The van der Waals surface area contributed by atoms with E-state index < -0.39 is 0 Å². The number of carbonyl (C=O) groups is 1. The summed E-state index contributed by atoms with van der Waals surface area (Å²) in [7, 11) is 0. The number of amides is 1. The first-order chi connectivity index (χ1) is 10.2. The maximum Gasteiger partial charge on any atom is 0.226 e. The van der Waals surface area contributed by atoms with Crippen molar-refractivity contribution in [3.8, 4) is 0 Å². The van der Waals surface area contributed by atoms with E-state index in [2.05, 4.69) is 18.7 Å². The Morgan fingerprint density at radius 1 is 1.19 bits per heavy atom. The van der Waals surface area contributed by atoms with Crippen molar-refractivity contribution in [2.24, 2.45) is 5.92 Å². The largest absolute Gasteiger partial charge is 0.399 e. The summed E-state index contributed by atoms with van der Waals surface area (Å²) in [6.45, 7) is 5.06. The SMILES string of the molecule is CCCC(CCC)C(=O)N(Cc1ccc(N)cc1)C1CC1. The lowest BCUT2D eigenvalue weighted by molar-refractivity contribution is -0.137. The quantitative estimate of drug-likeness (QED) is 0.736. The van der Waals surface area contributed by atoms with Crippen molar-refractivity contribution in [2.75, 3.05) is 5.73 Å². The minimum Gasteiger partial charge on any atom is -0.399 e. The molecule has 2 N–H and O–H groups in total. The van der Waals surface area contributed by atoms with Crippen molar-refractivity contribution < 1.29 is 4.79 Å². The van der Waals surface area contributed by atoms with Crippen LogP contribution in [0.3, 0.4) is 0 Å². The van der Waals surface area contributed by atoms with Crippen LogP contribution in [0.5, 0.6) is 0 Å². The van der Waals surface area contributed by atoms with Gasteiger partial charge in [-0.2, -0.15) is 0 Å². The van der Waals surface area contributed by atoms with E-state index in [9.17, 15) is 4.79 Å². The molecule has 2 rings (SSSR count). The standard InChI is InChI=1S/C18H28N2O/c1-3-5-15(6-4-2)18(21)20(17-11-12-17)13-14-7-9-16(19)10-8-14/h7-10,15,17H,3-6,11-13,19H2,1-2H3. The molecule has 1 aliphatic rings. The van der Waals surface area contributed by atoms with Crippen LogP contribution in [-0.2, 0) is 11.3 Å². The van der Waals surface area contributed by atoms with E-state index in [0.29, 0.717) is 11.9 Å². The number of anilines is 1. The first-order valence-electron chi connectivity index (χ1n) is 8.30. The molecule has 0 unspecified atom stereocenters. The van der Waals surface area contributed by atoms with Gasteiger partial charge in [-0.3, -0.25) is 4.79 Å². The van der Waals surface area contributed by atoms with Gasteiger partial charge in [0.25, 0.3) is 0 Å². The van der Waals surface area contributed by atoms with Gasteiger partial charge >= 0.3 is 0 Å². The molecule has 1 amide bonds. The maximum atomic E-state index is 12.9. The summed E-state index contributed by atoms with van der Waals surface area (Å²) in [4.78, 5) is 15.0. The summed E-state index contributed by atoms with van der Waals surface area (Å²) in [6, 6.07) is 8.37. The van der Waals surface area contributed by atoms with Crippen molar-refractivity contribution in [1.29, 1.82) is 0 Å². The van der Waals surface area contributed by atoms with Gasteiger partial charge in [0.15, 0.2) is 0 Å². The van der Waals surface area contributed by atoms with Gasteiger partial charge in [0.1, 0.15) is 0 Å². The average molecular weight is 288 g/mol. The number of carbonyl (C=O) groups excluding carboxylic acids is 1. The number of nitrogens with zero attached hydrogens (tertiary/aromatic N) is 1. The lowest BCUT2D eigenvalue weighted by atomic mass is 9.96. The molecule has 0 aliphatic heterocycles. The van der Waals surface area contributed by atoms with Crippen molar-refractivity contribution in [1.82, 2.24) is 4.90 Å². The fraction of sp³-hybridized carbons (Fsp3) is 0.611. The van der Waals surface area contributed by atoms with E-state index in [4.69, 9.17) is 5.73 Å². The van der Waals surface area contributed by atoms with Gasteiger partial charge in [-0.15, -0.1) is 0 Å². The highest BCUT2D eigenvalue weighted by Crippen LogP contribution is 2.31. The second-order valence-corrected chi connectivity index (χ2v) is 6.21. The Labute approximate surface area is 128 Å². The highest BCUT2D eigenvalue weighted by atomic mass is 16.2. The number of nitrogen functional groups attached to an aromatic ring is 1. The fourth-order valence-electron chi connectivity index (χ4n) is 2.92. The molecule has 0 radical (unpaired) electrons. The Morgan fingerprint density at radius 2 is 1.76 bits per heavy atom. The van der Waals surface area contributed by atoms with Crippen molar-refractivity contribution in [3.63, 3.8) is 0 Å². The predicted molar refractivity (Wildman–Crippen MR) is 87.7 cm³/mol. The van der Waals surface area contributed by atoms with E-state index in [1.165, 1.54) is 5.56 Å². The zero-order valence-corrected chi connectivity index (χ0v) is 13.3. The third-order valence-corrected chi connectivity index (χ3v) is 4.23. The molecule has 0 spiro atoms. The lowest BCUT2D eigenvalue weighted by Crippen LogP contribution is -2.37. The monoisotopic (exact) mass is 288 g/mol. The Kier molecular flexibility index (Phi) is 5.66. The van der Waals surface area contributed by atoms with Crippen molar-refractivity contribution >= 4 is 11.6 Å². The Hall–Kier alpha value is -1.51. The van der Waals surface area contributed by atoms with E-state index in [0.717, 1.165) is 50.8 Å². The molecule has 116 valence electrons. The van der Waals surface area contributed by atoms with E-state index in [1.807, 2.05) is 24.3 Å². The molecule has 1 fully saturated rings. The smallest absolute Gasteiger partial charge is 0.226 e. The van der Waals surface area contributed by atoms with Gasteiger partial charge in [0.05, 0.1) is 0 Å². The van der Waals surface area contributed by atoms with Gasteiger partial charge in [-0.1, -0.05) is 38.8 Å². The topological polar surface area (TPSA) is 46.3 Å². The van der Waals surface area contributed by atoms with Crippen molar-refractivity contribution in [3.05, 3.63) is 29.8 Å². The number of hydrogen-bond donors (Lipinski definition) is 1. The molecule has 0 heterocycles. The molecule has 3 heteroatoms. The zero-order valence-electron chi connectivity index (χ0n) is 13.3. The molecular weight excluding hydrogens is 260 g/mol. The second kappa shape index (κ2) is 7.48. The third-order valence-electron chi connectivity index (χ3n) is 4.23.